The summed E-state index contributed by atoms with van der Waals surface area (Å²) in [5.74, 6) is -1.10. The number of nitrogens with one attached hydrogen (secondary N) is 2. The molecule has 0 atom stereocenters. The monoisotopic (exact) mass is 474 g/mol. The van der Waals surface area contributed by atoms with E-state index in [0.717, 1.165) is 11.6 Å². The van der Waals surface area contributed by atoms with Gasteiger partial charge in [0.1, 0.15) is 23.0 Å². The molecule has 0 spiro atoms. The molecule has 4 N–H and O–H groups in total. The smallest absolute Gasteiger partial charge is 0.383 e. The predicted molar refractivity (Wildman–Crippen MR) is 117 cm³/mol. The summed E-state index contributed by atoms with van der Waals surface area (Å²) in [5, 5.41) is 7.25. The highest BCUT2D eigenvalue weighted by molar-refractivity contribution is 7.13. The summed E-state index contributed by atoms with van der Waals surface area (Å²) >= 11 is 1.37. The van der Waals surface area contributed by atoms with Gasteiger partial charge < -0.3 is 16.4 Å². The number of hydrogen-bond acceptors (Lipinski definition) is 6. The van der Waals surface area contributed by atoms with Crippen LogP contribution in [0.2, 0.25) is 0 Å². The Balaban J connectivity index is 1.43. The van der Waals surface area contributed by atoms with E-state index in [0.29, 0.717) is 39.9 Å². The Morgan fingerprint density at radius 3 is 2.42 bits per heavy atom. The van der Waals surface area contributed by atoms with Crippen LogP contribution < -0.4 is 16.4 Å². The van der Waals surface area contributed by atoms with Gasteiger partial charge >= 0.3 is 12.2 Å². The molecular weight excluding hydrogens is 460 g/mol. The molecule has 2 aromatic carbocycles. The topological polar surface area (TPSA) is 106 Å². The number of halogens is 4. The molecule has 0 saturated carbocycles. The highest BCUT2D eigenvalue weighted by Gasteiger charge is 2.34. The van der Waals surface area contributed by atoms with E-state index >= 15 is 0 Å². The molecule has 168 valence electrons. The molecular formula is C21H14F4N6OS. The molecule has 0 bridgehead atoms. The molecule has 0 radical (unpaired) electrons. The lowest BCUT2D eigenvalue weighted by Gasteiger charge is -2.12. The molecule has 0 fully saturated rings. The van der Waals surface area contributed by atoms with E-state index in [1.54, 1.807) is 30.5 Å². The average molecular weight is 474 g/mol. The fourth-order valence-corrected chi connectivity index (χ4v) is 3.72. The minimum Gasteiger partial charge on any atom is -0.383 e. The van der Waals surface area contributed by atoms with Crippen LogP contribution in [0.3, 0.4) is 0 Å². The number of carbonyl (C=O) groups excluding carboxylic acids is 1. The van der Waals surface area contributed by atoms with E-state index in [1.807, 2.05) is 5.38 Å². The number of rotatable bonds is 4. The first-order valence-corrected chi connectivity index (χ1v) is 10.2. The van der Waals surface area contributed by atoms with Crippen molar-refractivity contribution in [2.24, 2.45) is 0 Å². The molecule has 2 heterocycles. The molecule has 0 aliphatic carbocycles. The van der Waals surface area contributed by atoms with Crippen molar-refractivity contribution in [3.05, 3.63) is 71.7 Å². The van der Waals surface area contributed by atoms with E-state index in [9.17, 15) is 22.4 Å². The summed E-state index contributed by atoms with van der Waals surface area (Å²) in [7, 11) is 0. The number of thiazole rings is 1. The normalized spacial score (nSPS) is 11.3. The van der Waals surface area contributed by atoms with Crippen LogP contribution in [0, 0.1) is 5.82 Å². The van der Waals surface area contributed by atoms with Crippen LogP contribution in [0.15, 0.2) is 60.4 Å². The van der Waals surface area contributed by atoms with Gasteiger partial charge in [-0.05, 0) is 30.3 Å². The number of nitrogens with two attached hydrogens (primary N) is 1. The molecule has 33 heavy (non-hydrogen) atoms. The van der Waals surface area contributed by atoms with E-state index in [4.69, 9.17) is 5.73 Å². The molecule has 0 saturated heterocycles. The van der Waals surface area contributed by atoms with E-state index in [1.165, 1.54) is 17.7 Å². The number of alkyl halides is 3. The van der Waals surface area contributed by atoms with Gasteiger partial charge in [0, 0.05) is 28.5 Å². The van der Waals surface area contributed by atoms with Crippen molar-refractivity contribution in [1.82, 2.24) is 15.0 Å². The van der Waals surface area contributed by atoms with Crippen LogP contribution in [0.5, 0.6) is 0 Å². The number of nitrogen functional groups attached to an aromatic ring is 1. The Morgan fingerprint density at radius 1 is 1.03 bits per heavy atom. The first kappa shape index (κ1) is 22.1. The van der Waals surface area contributed by atoms with Crippen molar-refractivity contribution in [2.75, 3.05) is 16.4 Å². The number of carbonyl (C=O) groups is 1. The quantitative estimate of drug-likeness (QED) is 0.332. The zero-order chi connectivity index (χ0) is 23.6. The molecule has 7 nitrogen and oxygen atoms in total. The zero-order valence-electron chi connectivity index (χ0n) is 16.5. The fraction of sp³-hybridized carbons (Fsp3) is 0.0476. The summed E-state index contributed by atoms with van der Waals surface area (Å²) in [5.41, 5.74) is 6.66. The average Bonchev–Trinajstić information content (AvgIpc) is 3.25. The Bertz CT molecular complexity index is 1310. The molecule has 2 aromatic heterocycles. The van der Waals surface area contributed by atoms with Gasteiger partial charge in [0.05, 0.1) is 16.8 Å². The van der Waals surface area contributed by atoms with Crippen molar-refractivity contribution < 1.29 is 22.4 Å². The molecule has 0 aliphatic heterocycles. The van der Waals surface area contributed by atoms with Crippen molar-refractivity contribution in [2.45, 2.75) is 6.18 Å². The van der Waals surface area contributed by atoms with Gasteiger partial charge in [0.2, 0.25) is 0 Å². The van der Waals surface area contributed by atoms with Crippen LogP contribution in [-0.4, -0.2) is 21.0 Å². The first-order valence-electron chi connectivity index (χ1n) is 9.27. The second-order valence-electron chi connectivity index (χ2n) is 6.71. The van der Waals surface area contributed by atoms with Crippen molar-refractivity contribution >= 4 is 34.6 Å². The number of nitrogens with zero attached hydrogens (tertiary/aromatic N) is 3. The van der Waals surface area contributed by atoms with Gasteiger partial charge in [0.25, 0.3) is 0 Å². The molecule has 4 aromatic rings. The van der Waals surface area contributed by atoms with Crippen molar-refractivity contribution in [3.63, 3.8) is 0 Å². The van der Waals surface area contributed by atoms with E-state index < -0.39 is 23.6 Å². The molecule has 2 amide bonds. The van der Waals surface area contributed by atoms with Crippen LogP contribution in [0.1, 0.15) is 5.56 Å². The summed E-state index contributed by atoms with van der Waals surface area (Å²) < 4.78 is 51.9. The second kappa shape index (κ2) is 8.82. The van der Waals surface area contributed by atoms with E-state index in [2.05, 4.69) is 25.6 Å². The van der Waals surface area contributed by atoms with Gasteiger partial charge in [-0.25, -0.2) is 24.1 Å². The largest absolute Gasteiger partial charge is 0.419 e. The Hall–Kier alpha value is -4.06. The molecule has 0 unspecified atom stereocenters. The summed E-state index contributed by atoms with van der Waals surface area (Å²) in [6, 6.07) is 8.10. The minimum absolute atomic E-state index is 0.197. The van der Waals surface area contributed by atoms with Gasteiger partial charge in [0.15, 0.2) is 0 Å². The Kier molecular flexibility index (Phi) is 5.92. The Morgan fingerprint density at radius 2 is 1.73 bits per heavy atom. The zero-order valence-corrected chi connectivity index (χ0v) is 17.3. The van der Waals surface area contributed by atoms with Crippen LogP contribution >= 0.6 is 11.3 Å². The number of amides is 2. The van der Waals surface area contributed by atoms with Gasteiger partial charge in [-0.15, -0.1) is 11.3 Å². The lowest BCUT2D eigenvalue weighted by molar-refractivity contribution is -0.139. The number of benzene rings is 2. The molecule has 12 heteroatoms. The standard InChI is InChI=1S/C21H14F4N6OS/c22-16-6-5-13(7-15(16)21(23,24)25)30-20(32)29-12-3-1-11(2-4-12)17-9-33-19(31-17)14-8-27-10-28-18(14)26/h1-10H,(H2,26,27,28)(H2,29,30,32). The van der Waals surface area contributed by atoms with Crippen LogP contribution in [0.25, 0.3) is 21.8 Å². The summed E-state index contributed by atoms with van der Waals surface area (Å²) in [6.45, 7) is 0. The van der Waals surface area contributed by atoms with Crippen LogP contribution in [-0.2, 0) is 6.18 Å². The predicted octanol–water partition coefficient (Wildman–Crippen LogP) is 5.65. The number of urea groups is 1. The third kappa shape index (κ3) is 5.06. The third-order valence-electron chi connectivity index (χ3n) is 4.45. The number of anilines is 3. The first-order chi connectivity index (χ1) is 15.7. The maximum Gasteiger partial charge on any atom is 0.419 e. The highest BCUT2D eigenvalue weighted by Crippen LogP contribution is 2.33. The summed E-state index contributed by atoms with van der Waals surface area (Å²) in [6.07, 6.45) is -1.95. The summed E-state index contributed by atoms with van der Waals surface area (Å²) in [4.78, 5) is 24.6. The van der Waals surface area contributed by atoms with Gasteiger partial charge in [-0.2, -0.15) is 13.2 Å². The molecule has 4 rings (SSSR count). The fourth-order valence-electron chi connectivity index (χ4n) is 2.87. The third-order valence-corrected chi connectivity index (χ3v) is 5.32. The van der Waals surface area contributed by atoms with E-state index in [-0.39, 0.29) is 5.69 Å². The van der Waals surface area contributed by atoms with Crippen molar-refractivity contribution in [1.29, 1.82) is 0 Å². The van der Waals surface area contributed by atoms with Crippen molar-refractivity contribution in [3.8, 4) is 21.8 Å². The highest BCUT2D eigenvalue weighted by atomic mass is 32.1. The number of hydrogen-bond donors (Lipinski definition) is 3. The lowest BCUT2D eigenvalue weighted by Crippen LogP contribution is -2.20. The minimum atomic E-state index is -4.87. The lowest BCUT2D eigenvalue weighted by atomic mass is 10.1. The maximum absolute atomic E-state index is 13.4. The maximum atomic E-state index is 13.4. The molecule has 0 aliphatic rings. The Labute approximate surface area is 188 Å². The number of aromatic nitrogens is 3. The van der Waals surface area contributed by atoms with Gasteiger partial charge in [-0.3, -0.25) is 0 Å². The SMILES string of the molecule is Nc1ncncc1-c1nc(-c2ccc(NC(=O)Nc3ccc(F)c(C(F)(F)F)c3)cc2)cs1. The van der Waals surface area contributed by atoms with Gasteiger partial charge in [-0.1, -0.05) is 12.1 Å². The van der Waals surface area contributed by atoms with Crippen LogP contribution in [0.4, 0.5) is 39.5 Å². The second-order valence-corrected chi connectivity index (χ2v) is 7.57.